The number of furan rings is 1. The van der Waals surface area contributed by atoms with Gasteiger partial charge in [0, 0.05) is 33.3 Å². The Morgan fingerprint density at radius 1 is 0.927 bits per heavy atom. The van der Waals surface area contributed by atoms with Gasteiger partial charge in [0.05, 0.1) is 22.7 Å². The first-order valence-electron chi connectivity index (χ1n) is 17.7. The van der Waals surface area contributed by atoms with E-state index in [1.807, 2.05) is 0 Å². The highest BCUT2D eigenvalue weighted by molar-refractivity contribution is 7.07. The number of hydrogen-bond acceptors (Lipinski definition) is 10. The standard InChI is InChI=1S/C38H41ClN8O7S/c1-24(48)41-29-12-8-9-13-31(29)54-23-40-26-14-15-28(39)30(21-26)42-34(49)32(47-37(51)44(2)45(3)38(47)52)33-43-35-27(16-19-53-35)36(50)46(33)18-10-6-4-5-7-11-25-17-20-55-22-25/h8-9,12-17,19-22,32,40H,4-7,10-11,18,23H2,1-3H3,(H,41,48)(H,42,49). The summed E-state index contributed by atoms with van der Waals surface area (Å²) in [5, 5.41) is 13.2. The number of anilines is 3. The Morgan fingerprint density at radius 2 is 1.67 bits per heavy atom. The van der Waals surface area contributed by atoms with Crippen LogP contribution in [0.15, 0.2) is 90.4 Å². The quantitative estimate of drug-likeness (QED) is 0.0770. The highest BCUT2D eigenvalue weighted by Crippen LogP contribution is 2.29. The zero-order valence-electron chi connectivity index (χ0n) is 30.5. The van der Waals surface area contributed by atoms with Gasteiger partial charge in [-0.25, -0.2) is 23.5 Å². The van der Waals surface area contributed by atoms with Crippen LogP contribution in [0.2, 0.25) is 5.02 Å². The molecule has 4 aromatic heterocycles. The monoisotopic (exact) mass is 788 g/mol. The van der Waals surface area contributed by atoms with Crippen LogP contribution in [0.5, 0.6) is 5.75 Å². The number of nitrogens with zero attached hydrogens (tertiary/aromatic N) is 5. The Kier molecular flexibility index (Phi) is 12.4. The van der Waals surface area contributed by atoms with Crippen molar-refractivity contribution in [2.75, 3.05) is 22.7 Å². The van der Waals surface area contributed by atoms with Gasteiger partial charge in [-0.2, -0.15) is 16.3 Å². The number of rotatable bonds is 17. The number of carbonyl (C=O) groups is 2. The van der Waals surface area contributed by atoms with E-state index in [1.54, 1.807) is 53.8 Å². The fourth-order valence-corrected chi connectivity index (χ4v) is 7.06. The number of benzene rings is 2. The van der Waals surface area contributed by atoms with E-state index in [0.29, 0.717) is 23.5 Å². The molecule has 6 aromatic rings. The number of carbonyl (C=O) groups excluding carboxylic acids is 2. The SMILES string of the molecule is CC(=O)Nc1ccccc1OCNc1ccc(Cl)c(NC(=O)C(c2nc3occc3c(=O)n2CCCCCCCc2ccsc2)n2c(=O)n(C)n(C)c2=O)c1. The Hall–Kier alpha value is -5.87. The van der Waals surface area contributed by atoms with Crippen molar-refractivity contribution < 1.29 is 18.7 Å². The van der Waals surface area contributed by atoms with Gasteiger partial charge in [0.1, 0.15) is 17.0 Å². The average Bonchev–Trinajstić information content (AvgIpc) is 3.91. The predicted molar refractivity (Wildman–Crippen MR) is 212 cm³/mol. The second-order valence-corrected chi connectivity index (χ2v) is 14.1. The van der Waals surface area contributed by atoms with Gasteiger partial charge >= 0.3 is 11.4 Å². The molecule has 4 heterocycles. The van der Waals surface area contributed by atoms with E-state index in [2.05, 4.69) is 37.8 Å². The molecule has 0 aliphatic rings. The minimum atomic E-state index is -1.69. The van der Waals surface area contributed by atoms with Crippen LogP contribution in [0.1, 0.15) is 56.5 Å². The Bertz CT molecular complexity index is 2450. The molecule has 15 nitrogen and oxygen atoms in total. The molecular weight excluding hydrogens is 748 g/mol. The number of amides is 2. The van der Waals surface area contributed by atoms with Crippen molar-refractivity contribution in [2.45, 2.75) is 58.0 Å². The largest absolute Gasteiger partial charge is 0.471 e. The molecule has 3 N–H and O–H groups in total. The molecule has 0 bridgehead atoms. The van der Waals surface area contributed by atoms with Gasteiger partial charge in [-0.1, -0.05) is 43.0 Å². The van der Waals surface area contributed by atoms with Crippen molar-refractivity contribution in [3.8, 4) is 5.75 Å². The summed E-state index contributed by atoms with van der Waals surface area (Å²) >= 11 is 8.24. The topological polar surface area (TPSA) is 176 Å². The third-order valence-electron chi connectivity index (χ3n) is 9.13. The molecule has 1 atom stereocenters. The third kappa shape index (κ3) is 8.92. The van der Waals surface area contributed by atoms with Gasteiger partial charge in [0.25, 0.3) is 11.5 Å². The van der Waals surface area contributed by atoms with E-state index in [4.69, 9.17) is 20.8 Å². The molecule has 1 unspecified atom stereocenters. The molecule has 0 fully saturated rings. The van der Waals surface area contributed by atoms with Crippen LogP contribution in [-0.2, 0) is 36.6 Å². The predicted octanol–water partition coefficient (Wildman–Crippen LogP) is 5.73. The maximum Gasteiger partial charge on any atom is 0.348 e. The Labute approximate surface area is 324 Å². The molecule has 288 valence electrons. The Morgan fingerprint density at radius 3 is 2.42 bits per heavy atom. The second-order valence-electron chi connectivity index (χ2n) is 12.9. The maximum absolute atomic E-state index is 14.5. The lowest BCUT2D eigenvalue weighted by Gasteiger charge is -2.21. The summed E-state index contributed by atoms with van der Waals surface area (Å²) in [6, 6.07) is 13.7. The molecule has 17 heteroatoms. The molecule has 0 saturated carbocycles. The number of halogens is 1. The van der Waals surface area contributed by atoms with Crippen LogP contribution in [0.4, 0.5) is 17.1 Å². The number of aromatic nitrogens is 5. The first-order valence-corrected chi connectivity index (χ1v) is 19.0. The lowest BCUT2D eigenvalue weighted by molar-refractivity contribution is -0.118. The number of hydrogen-bond donors (Lipinski definition) is 3. The Balaban J connectivity index is 1.27. The van der Waals surface area contributed by atoms with Crippen molar-refractivity contribution in [1.29, 1.82) is 0 Å². The van der Waals surface area contributed by atoms with E-state index in [-0.39, 0.29) is 46.8 Å². The van der Waals surface area contributed by atoms with Gasteiger partial charge in [-0.3, -0.25) is 19.0 Å². The minimum Gasteiger partial charge on any atom is -0.471 e. The molecule has 0 saturated heterocycles. The molecule has 0 aliphatic heterocycles. The molecule has 0 spiro atoms. The third-order valence-corrected chi connectivity index (χ3v) is 10.2. The number of nitrogens with one attached hydrogen (secondary N) is 3. The zero-order chi connectivity index (χ0) is 39.1. The van der Waals surface area contributed by atoms with E-state index >= 15 is 0 Å². The number of fused-ring (bicyclic) bond motifs is 1. The van der Waals surface area contributed by atoms with Crippen LogP contribution in [0, 0.1) is 0 Å². The van der Waals surface area contributed by atoms with Crippen LogP contribution in [0.3, 0.4) is 0 Å². The van der Waals surface area contributed by atoms with Crippen molar-refractivity contribution in [3.05, 3.63) is 119 Å². The van der Waals surface area contributed by atoms with Crippen molar-refractivity contribution in [2.24, 2.45) is 14.1 Å². The first kappa shape index (κ1) is 38.8. The fraction of sp³-hybridized carbons (Fsp3) is 0.316. The number of aryl methyl sites for hydroxylation is 1. The molecule has 2 amide bonds. The number of para-hydroxylation sites is 2. The first-order chi connectivity index (χ1) is 26.5. The average molecular weight is 789 g/mol. The van der Waals surface area contributed by atoms with Gasteiger partial charge in [-0.05, 0) is 78.1 Å². The van der Waals surface area contributed by atoms with Crippen molar-refractivity contribution in [3.63, 3.8) is 0 Å². The molecule has 0 aliphatic carbocycles. The van der Waals surface area contributed by atoms with Crippen molar-refractivity contribution >= 4 is 62.9 Å². The summed E-state index contributed by atoms with van der Waals surface area (Å²) in [4.78, 5) is 71.8. The van der Waals surface area contributed by atoms with Crippen LogP contribution < -0.4 is 37.6 Å². The number of ether oxygens (including phenoxy) is 1. The molecule has 6 rings (SSSR count). The summed E-state index contributed by atoms with van der Waals surface area (Å²) < 4.78 is 15.6. The minimum absolute atomic E-state index is 0.0162. The normalized spacial score (nSPS) is 11.8. The summed E-state index contributed by atoms with van der Waals surface area (Å²) in [5.41, 5.74) is 0.390. The van der Waals surface area contributed by atoms with Crippen LogP contribution >= 0.6 is 22.9 Å². The lowest BCUT2D eigenvalue weighted by atomic mass is 10.1. The van der Waals surface area contributed by atoms with Crippen LogP contribution in [0.25, 0.3) is 11.1 Å². The van der Waals surface area contributed by atoms with Gasteiger partial charge in [-0.15, -0.1) is 0 Å². The van der Waals surface area contributed by atoms with Gasteiger partial charge < -0.3 is 25.1 Å². The maximum atomic E-state index is 14.5. The summed E-state index contributed by atoms with van der Waals surface area (Å²) in [5.74, 6) is -0.788. The van der Waals surface area contributed by atoms with E-state index in [1.165, 1.54) is 43.5 Å². The van der Waals surface area contributed by atoms with Gasteiger partial charge in [0.15, 0.2) is 12.8 Å². The van der Waals surface area contributed by atoms with Crippen LogP contribution in [-0.4, -0.2) is 42.0 Å². The number of thiophene rings is 1. The number of unbranched alkanes of at least 4 members (excludes halogenated alkanes) is 4. The highest BCUT2D eigenvalue weighted by atomic mass is 35.5. The summed E-state index contributed by atoms with van der Waals surface area (Å²) in [7, 11) is 2.79. The van der Waals surface area contributed by atoms with E-state index in [9.17, 15) is 24.0 Å². The lowest BCUT2D eigenvalue weighted by Crippen LogP contribution is -2.43. The highest BCUT2D eigenvalue weighted by Gasteiger charge is 2.34. The van der Waals surface area contributed by atoms with Crippen molar-refractivity contribution in [1.82, 2.24) is 23.5 Å². The smallest absolute Gasteiger partial charge is 0.348 e. The van der Waals surface area contributed by atoms with E-state index in [0.717, 1.165) is 46.0 Å². The molecule has 0 radical (unpaired) electrons. The zero-order valence-corrected chi connectivity index (χ0v) is 32.1. The second kappa shape index (κ2) is 17.5. The molecule has 55 heavy (non-hydrogen) atoms. The summed E-state index contributed by atoms with van der Waals surface area (Å²) in [6.45, 7) is 1.57. The molecular formula is C38H41ClN8O7S. The van der Waals surface area contributed by atoms with E-state index < -0.39 is 28.9 Å². The molecule has 2 aromatic carbocycles. The summed E-state index contributed by atoms with van der Waals surface area (Å²) in [6.07, 6.45) is 6.73. The fourth-order valence-electron chi connectivity index (χ4n) is 6.19. The van der Waals surface area contributed by atoms with Gasteiger partial charge in [0.2, 0.25) is 11.6 Å².